The monoisotopic (exact) mass is 474 g/mol. The lowest BCUT2D eigenvalue weighted by Gasteiger charge is -2.16. The highest BCUT2D eigenvalue weighted by molar-refractivity contribution is 6.35. The van der Waals surface area contributed by atoms with Gasteiger partial charge in [0.15, 0.2) is 0 Å². The van der Waals surface area contributed by atoms with Crippen molar-refractivity contribution in [2.45, 2.75) is 20.4 Å². The van der Waals surface area contributed by atoms with Crippen LogP contribution in [-0.2, 0) is 11.3 Å². The van der Waals surface area contributed by atoms with Gasteiger partial charge in [-0.1, -0.05) is 35.3 Å². The summed E-state index contributed by atoms with van der Waals surface area (Å²) in [5.41, 5.74) is 5.13. The molecule has 2 aromatic carbocycles. The van der Waals surface area contributed by atoms with Crippen molar-refractivity contribution in [1.29, 1.82) is 0 Å². The number of anilines is 1. The zero-order valence-corrected chi connectivity index (χ0v) is 19.7. The van der Waals surface area contributed by atoms with Crippen LogP contribution in [0.5, 0.6) is 0 Å². The van der Waals surface area contributed by atoms with Crippen molar-refractivity contribution < 1.29 is 14.7 Å². The minimum Gasteiger partial charge on any atom is -0.483 e. The molecule has 1 amide bonds. The first kappa shape index (κ1) is 25.3. The Balaban J connectivity index is 0.00000114. The summed E-state index contributed by atoms with van der Waals surface area (Å²) in [4.78, 5) is 31.8. The molecule has 0 saturated carbocycles. The molecule has 0 bridgehead atoms. The van der Waals surface area contributed by atoms with E-state index < -0.39 is 0 Å². The van der Waals surface area contributed by atoms with E-state index in [4.69, 9.17) is 33.1 Å². The first-order valence-electron chi connectivity index (χ1n) is 9.58. The second-order valence-electron chi connectivity index (χ2n) is 7.29. The minimum atomic E-state index is -0.378. The highest BCUT2D eigenvalue weighted by Crippen LogP contribution is 2.29. The van der Waals surface area contributed by atoms with E-state index in [0.717, 1.165) is 23.4 Å². The van der Waals surface area contributed by atoms with E-state index in [2.05, 4.69) is 32.3 Å². The molecule has 0 fully saturated rings. The number of hydrogen-bond acceptors (Lipinski definition) is 5. The Bertz CT molecular complexity index is 1100. The van der Waals surface area contributed by atoms with Gasteiger partial charge in [0.2, 0.25) is 5.82 Å². The fourth-order valence-electron chi connectivity index (χ4n) is 3.19. The molecule has 1 aromatic heterocycles. The third kappa shape index (κ3) is 6.75. The van der Waals surface area contributed by atoms with Crippen molar-refractivity contribution in [2.75, 3.05) is 19.4 Å². The molecule has 7 nitrogen and oxygen atoms in total. The van der Waals surface area contributed by atoms with Crippen LogP contribution in [0.2, 0.25) is 10.0 Å². The number of amides is 1. The zero-order valence-electron chi connectivity index (χ0n) is 18.2. The Morgan fingerprint density at radius 3 is 2.34 bits per heavy atom. The molecule has 0 spiro atoms. The number of carbonyl (C=O) groups excluding carboxylic acids is 1. The summed E-state index contributed by atoms with van der Waals surface area (Å²) >= 11 is 12.3. The number of carbonyl (C=O) groups is 2. The summed E-state index contributed by atoms with van der Waals surface area (Å²) in [5, 5.41) is 10.9. The lowest BCUT2D eigenvalue weighted by atomic mass is 10.0. The Morgan fingerprint density at radius 1 is 1.12 bits per heavy atom. The topological polar surface area (TPSA) is 95.4 Å². The molecule has 1 heterocycles. The molecule has 0 aliphatic heterocycles. The number of nitrogens with one attached hydrogen (secondary N) is 1. The first-order valence-corrected chi connectivity index (χ1v) is 10.3. The SMILES string of the molecule is Cc1cc(CN(C)C)cc(C)c1NC(=O)c1nccc(-c2cc(Cl)ccc2Cl)n1.O=CO. The normalized spacial score (nSPS) is 10.3. The molecule has 9 heteroatoms. The summed E-state index contributed by atoms with van der Waals surface area (Å²) in [6.45, 7) is 4.54. The number of benzene rings is 2. The summed E-state index contributed by atoms with van der Waals surface area (Å²) in [7, 11) is 4.05. The predicted molar refractivity (Wildman–Crippen MR) is 127 cm³/mol. The maximum absolute atomic E-state index is 12.8. The number of nitrogens with zero attached hydrogens (tertiary/aromatic N) is 3. The van der Waals surface area contributed by atoms with Crippen molar-refractivity contribution in [2.24, 2.45) is 0 Å². The second kappa shape index (κ2) is 11.6. The summed E-state index contributed by atoms with van der Waals surface area (Å²) in [6, 6.07) is 11.0. The molecule has 0 aliphatic rings. The van der Waals surface area contributed by atoms with E-state index in [1.807, 2.05) is 27.9 Å². The van der Waals surface area contributed by atoms with Crippen molar-refractivity contribution in [1.82, 2.24) is 14.9 Å². The van der Waals surface area contributed by atoms with Gasteiger partial charge in [0.05, 0.1) is 10.7 Å². The van der Waals surface area contributed by atoms with Crippen LogP contribution in [0.3, 0.4) is 0 Å². The molecule has 0 unspecified atom stereocenters. The molecule has 168 valence electrons. The van der Waals surface area contributed by atoms with Crippen LogP contribution >= 0.6 is 23.2 Å². The number of aromatic nitrogens is 2. The zero-order chi connectivity index (χ0) is 23.8. The molecular formula is C23H24Cl2N4O3. The van der Waals surface area contributed by atoms with E-state index in [0.29, 0.717) is 21.3 Å². The smallest absolute Gasteiger partial charge is 0.293 e. The van der Waals surface area contributed by atoms with Crippen LogP contribution in [-0.4, -0.2) is 46.4 Å². The third-order valence-electron chi connectivity index (χ3n) is 4.39. The van der Waals surface area contributed by atoms with Gasteiger partial charge in [-0.15, -0.1) is 0 Å². The summed E-state index contributed by atoms with van der Waals surface area (Å²) in [6.07, 6.45) is 1.54. The molecule has 2 N–H and O–H groups in total. The van der Waals surface area contributed by atoms with Crippen molar-refractivity contribution in [3.8, 4) is 11.3 Å². The van der Waals surface area contributed by atoms with E-state index in [1.165, 1.54) is 11.8 Å². The largest absolute Gasteiger partial charge is 0.483 e. The average molecular weight is 475 g/mol. The van der Waals surface area contributed by atoms with Gasteiger partial charge in [-0.05, 0) is 68.9 Å². The van der Waals surface area contributed by atoms with E-state index in [-0.39, 0.29) is 18.2 Å². The Hall–Kier alpha value is -3.00. The molecule has 0 radical (unpaired) electrons. The van der Waals surface area contributed by atoms with Crippen molar-refractivity contribution in [3.05, 3.63) is 75.2 Å². The van der Waals surface area contributed by atoms with Crippen molar-refractivity contribution in [3.63, 3.8) is 0 Å². The number of hydrogen-bond donors (Lipinski definition) is 2. The van der Waals surface area contributed by atoms with E-state index in [9.17, 15) is 4.79 Å². The maximum Gasteiger partial charge on any atom is 0.293 e. The predicted octanol–water partition coefficient (Wildman–Crippen LogP) is 5.08. The highest BCUT2D eigenvalue weighted by Gasteiger charge is 2.15. The Kier molecular flexibility index (Phi) is 9.13. The molecular weight excluding hydrogens is 451 g/mol. The number of halogens is 2. The summed E-state index contributed by atoms with van der Waals surface area (Å²) < 4.78 is 0. The summed E-state index contributed by atoms with van der Waals surface area (Å²) in [5.74, 6) is -0.314. The third-order valence-corrected chi connectivity index (χ3v) is 4.96. The van der Waals surface area contributed by atoms with E-state index >= 15 is 0 Å². The lowest BCUT2D eigenvalue weighted by molar-refractivity contribution is -0.122. The fraction of sp³-hybridized carbons (Fsp3) is 0.217. The first-order chi connectivity index (χ1) is 15.2. The van der Waals surface area contributed by atoms with Crippen LogP contribution in [0.25, 0.3) is 11.3 Å². The maximum atomic E-state index is 12.8. The Labute approximate surface area is 197 Å². The van der Waals surface area contributed by atoms with Gasteiger partial charge in [0, 0.05) is 29.0 Å². The van der Waals surface area contributed by atoms with E-state index in [1.54, 1.807) is 24.3 Å². The number of carboxylic acid groups (broad SMARTS) is 1. The average Bonchev–Trinajstić information content (AvgIpc) is 2.72. The standard InChI is InChI=1S/C22H22Cl2N4O.CH2O2/c1-13-9-15(12-28(3)4)10-14(2)20(13)27-22(29)21-25-8-7-19(26-21)17-11-16(23)5-6-18(17)24;2-1-3/h5-11H,12H2,1-4H3,(H,27,29);1H,(H,2,3). The van der Waals surface area contributed by atoms with Gasteiger partial charge in [-0.2, -0.15) is 0 Å². The lowest BCUT2D eigenvalue weighted by Crippen LogP contribution is -2.18. The highest BCUT2D eigenvalue weighted by atomic mass is 35.5. The van der Waals surface area contributed by atoms with Crippen LogP contribution in [0.15, 0.2) is 42.6 Å². The number of rotatable bonds is 5. The molecule has 32 heavy (non-hydrogen) atoms. The molecule has 3 aromatic rings. The van der Waals surface area contributed by atoms with Gasteiger partial charge in [-0.3, -0.25) is 9.59 Å². The van der Waals surface area contributed by atoms with Gasteiger partial charge >= 0.3 is 0 Å². The van der Waals surface area contributed by atoms with Gasteiger partial charge in [0.1, 0.15) is 0 Å². The van der Waals surface area contributed by atoms with Crippen molar-refractivity contribution >= 4 is 41.3 Å². The molecule has 0 saturated heterocycles. The number of aryl methyl sites for hydroxylation is 2. The van der Waals surface area contributed by atoms with Gasteiger partial charge in [0.25, 0.3) is 12.4 Å². The minimum absolute atomic E-state index is 0.0645. The van der Waals surface area contributed by atoms with Gasteiger partial charge < -0.3 is 15.3 Å². The second-order valence-corrected chi connectivity index (χ2v) is 8.14. The molecule has 0 atom stereocenters. The molecule has 0 aliphatic carbocycles. The van der Waals surface area contributed by atoms with Crippen LogP contribution in [0.4, 0.5) is 5.69 Å². The molecule has 3 rings (SSSR count). The van der Waals surface area contributed by atoms with Crippen LogP contribution in [0.1, 0.15) is 27.3 Å². The van der Waals surface area contributed by atoms with Crippen LogP contribution < -0.4 is 5.32 Å². The Morgan fingerprint density at radius 2 is 1.75 bits per heavy atom. The van der Waals surface area contributed by atoms with Crippen LogP contribution in [0, 0.1) is 13.8 Å². The fourth-order valence-corrected chi connectivity index (χ4v) is 3.57. The quantitative estimate of drug-likeness (QED) is 0.500. The van der Waals surface area contributed by atoms with Gasteiger partial charge in [-0.25, -0.2) is 9.97 Å².